The average Bonchev–Trinajstić information content (AvgIpc) is 3.25. The summed E-state index contributed by atoms with van der Waals surface area (Å²) in [6.07, 6.45) is 4.03. The van der Waals surface area contributed by atoms with E-state index in [9.17, 15) is 0 Å². The van der Waals surface area contributed by atoms with E-state index in [0.29, 0.717) is 35.4 Å². The molecule has 1 aliphatic rings. The molecule has 1 saturated carbocycles. The average molecular weight is 420 g/mol. The third-order valence-electron chi connectivity index (χ3n) is 5.42. The van der Waals surface area contributed by atoms with Crippen LogP contribution in [0.25, 0.3) is 17.2 Å². The van der Waals surface area contributed by atoms with E-state index in [1.165, 1.54) is 17.4 Å². The molecule has 0 amide bonds. The molecule has 160 valence electrons. The zero-order valence-electron chi connectivity index (χ0n) is 17.5. The predicted octanol–water partition coefficient (Wildman–Crippen LogP) is 3.40. The Morgan fingerprint density at radius 1 is 1.16 bits per heavy atom. The maximum Gasteiger partial charge on any atom is 0.225 e. The molecule has 0 unspecified atom stereocenters. The lowest BCUT2D eigenvalue weighted by molar-refractivity contribution is 0.351. The molecule has 1 fully saturated rings. The minimum Gasteiger partial charge on any atom is -0.493 e. The van der Waals surface area contributed by atoms with E-state index in [4.69, 9.17) is 19.6 Å². The molecular formula is C22H24N6O3. The summed E-state index contributed by atoms with van der Waals surface area (Å²) in [4.78, 5) is 11.4. The molecule has 0 bridgehead atoms. The number of rotatable bonds is 8. The highest BCUT2D eigenvalue weighted by Crippen LogP contribution is 2.35. The van der Waals surface area contributed by atoms with Crippen LogP contribution in [0.1, 0.15) is 18.4 Å². The van der Waals surface area contributed by atoms with Crippen LogP contribution in [-0.4, -0.2) is 40.3 Å². The van der Waals surface area contributed by atoms with Crippen molar-refractivity contribution >= 4 is 17.4 Å². The monoisotopic (exact) mass is 420 g/mol. The van der Waals surface area contributed by atoms with Crippen LogP contribution in [0.15, 0.2) is 47.1 Å². The normalized spacial score (nSPS) is 13.5. The third kappa shape index (κ3) is 3.74. The lowest BCUT2D eigenvalue weighted by Gasteiger charge is -2.25. The Morgan fingerprint density at radius 2 is 2.03 bits per heavy atom. The van der Waals surface area contributed by atoms with Crippen molar-refractivity contribution in [3.63, 3.8) is 0 Å². The number of ether oxygens (including phenoxy) is 2. The SMILES string of the molecule is COc1cccc(CN(CC2CC2)c2cc3nc(-c4ccco4)nn3c(N)n2)c1OC. The van der Waals surface area contributed by atoms with E-state index >= 15 is 0 Å². The van der Waals surface area contributed by atoms with Gasteiger partial charge in [-0.05, 0) is 37.0 Å². The van der Waals surface area contributed by atoms with Gasteiger partial charge in [-0.1, -0.05) is 12.1 Å². The zero-order valence-corrected chi connectivity index (χ0v) is 17.5. The number of anilines is 2. The Labute approximate surface area is 179 Å². The lowest BCUT2D eigenvalue weighted by Crippen LogP contribution is -2.27. The van der Waals surface area contributed by atoms with Crippen LogP contribution >= 0.6 is 0 Å². The minimum absolute atomic E-state index is 0.274. The Bertz CT molecular complexity index is 1200. The van der Waals surface area contributed by atoms with Gasteiger partial charge in [0.05, 0.1) is 20.5 Å². The van der Waals surface area contributed by atoms with Crippen LogP contribution in [0.5, 0.6) is 11.5 Å². The predicted molar refractivity (Wildman–Crippen MR) is 116 cm³/mol. The summed E-state index contributed by atoms with van der Waals surface area (Å²) in [6.45, 7) is 1.49. The van der Waals surface area contributed by atoms with Crippen molar-refractivity contribution in [1.82, 2.24) is 19.6 Å². The molecule has 9 nitrogen and oxygen atoms in total. The molecule has 3 heterocycles. The number of para-hydroxylation sites is 1. The van der Waals surface area contributed by atoms with E-state index in [1.807, 2.05) is 30.3 Å². The Hall–Kier alpha value is -3.75. The number of aromatic nitrogens is 4. The van der Waals surface area contributed by atoms with Crippen molar-refractivity contribution in [3.05, 3.63) is 48.2 Å². The maximum absolute atomic E-state index is 6.25. The summed E-state index contributed by atoms with van der Waals surface area (Å²) in [7, 11) is 3.29. The number of fused-ring (bicyclic) bond motifs is 1. The molecule has 3 aromatic heterocycles. The van der Waals surface area contributed by atoms with E-state index in [-0.39, 0.29) is 5.95 Å². The van der Waals surface area contributed by atoms with E-state index in [1.54, 1.807) is 26.5 Å². The molecule has 0 saturated heterocycles. The molecular weight excluding hydrogens is 396 g/mol. The molecule has 2 N–H and O–H groups in total. The minimum atomic E-state index is 0.274. The maximum atomic E-state index is 6.25. The number of benzene rings is 1. The van der Waals surface area contributed by atoms with Crippen LogP contribution in [-0.2, 0) is 6.54 Å². The van der Waals surface area contributed by atoms with Gasteiger partial charge >= 0.3 is 0 Å². The van der Waals surface area contributed by atoms with E-state index < -0.39 is 0 Å². The van der Waals surface area contributed by atoms with Crippen molar-refractivity contribution < 1.29 is 13.9 Å². The van der Waals surface area contributed by atoms with Gasteiger partial charge in [-0.3, -0.25) is 0 Å². The lowest BCUT2D eigenvalue weighted by atomic mass is 10.1. The molecule has 1 aromatic carbocycles. The molecule has 0 radical (unpaired) electrons. The highest BCUT2D eigenvalue weighted by molar-refractivity contribution is 5.60. The van der Waals surface area contributed by atoms with E-state index in [0.717, 1.165) is 23.7 Å². The van der Waals surface area contributed by atoms with Gasteiger partial charge in [-0.2, -0.15) is 9.50 Å². The molecule has 31 heavy (non-hydrogen) atoms. The van der Waals surface area contributed by atoms with Crippen molar-refractivity contribution in [2.75, 3.05) is 31.4 Å². The summed E-state index contributed by atoms with van der Waals surface area (Å²) in [5.74, 6) is 4.15. The fourth-order valence-electron chi connectivity index (χ4n) is 3.71. The quantitative estimate of drug-likeness (QED) is 0.463. The first kappa shape index (κ1) is 19.2. The number of furan rings is 1. The summed E-state index contributed by atoms with van der Waals surface area (Å²) in [5.41, 5.74) is 7.88. The molecule has 0 aliphatic heterocycles. The third-order valence-corrected chi connectivity index (χ3v) is 5.42. The first-order valence-corrected chi connectivity index (χ1v) is 10.2. The van der Waals surface area contributed by atoms with Gasteiger partial charge in [0.2, 0.25) is 11.8 Å². The van der Waals surface area contributed by atoms with Crippen LogP contribution < -0.4 is 20.1 Å². The van der Waals surface area contributed by atoms with Gasteiger partial charge in [-0.25, -0.2) is 4.98 Å². The first-order valence-electron chi connectivity index (χ1n) is 10.2. The Morgan fingerprint density at radius 3 is 2.74 bits per heavy atom. The standard InChI is InChI=1S/C22H24N6O3/c1-29-16-6-3-5-15(20(16)30-2)13-27(12-14-8-9-14)18-11-19-24-21(17-7-4-10-31-17)26-28(19)22(23)25-18/h3-7,10-11,14H,8-9,12-13H2,1-2H3,(H2,23,25). The van der Waals surface area contributed by atoms with Gasteiger partial charge in [0.25, 0.3) is 0 Å². The highest BCUT2D eigenvalue weighted by atomic mass is 16.5. The summed E-state index contributed by atoms with van der Waals surface area (Å²) < 4.78 is 18.0. The summed E-state index contributed by atoms with van der Waals surface area (Å²) in [5, 5.41) is 4.43. The summed E-state index contributed by atoms with van der Waals surface area (Å²) >= 11 is 0. The van der Waals surface area contributed by atoms with Gasteiger partial charge in [0, 0.05) is 24.7 Å². The number of nitrogen functional groups attached to an aromatic ring is 1. The van der Waals surface area contributed by atoms with Crippen LogP contribution in [0.4, 0.5) is 11.8 Å². The molecule has 9 heteroatoms. The van der Waals surface area contributed by atoms with Crippen molar-refractivity contribution in [2.45, 2.75) is 19.4 Å². The number of nitrogens with zero attached hydrogens (tertiary/aromatic N) is 5. The number of nitrogens with two attached hydrogens (primary N) is 1. The number of hydrogen-bond donors (Lipinski definition) is 1. The second-order valence-electron chi connectivity index (χ2n) is 7.63. The van der Waals surface area contributed by atoms with Crippen molar-refractivity contribution in [3.8, 4) is 23.1 Å². The Kier molecular flexibility index (Phi) is 4.85. The van der Waals surface area contributed by atoms with Gasteiger partial charge in [-0.15, -0.1) is 5.10 Å². The summed E-state index contributed by atoms with van der Waals surface area (Å²) in [6, 6.07) is 11.4. The Balaban J connectivity index is 1.53. The molecule has 0 spiro atoms. The van der Waals surface area contributed by atoms with Gasteiger partial charge in [0.1, 0.15) is 5.82 Å². The number of hydrogen-bond acceptors (Lipinski definition) is 8. The molecule has 5 rings (SSSR count). The van der Waals surface area contributed by atoms with Crippen molar-refractivity contribution in [2.24, 2.45) is 5.92 Å². The topological polar surface area (TPSA) is 104 Å². The van der Waals surface area contributed by atoms with Gasteiger partial charge < -0.3 is 24.5 Å². The smallest absolute Gasteiger partial charge is 0.225 e. The van der Waals surface area contributed by atoms with Crippen LogP contribution in [0.3, 0.4) is 0 Å². The molecule has 4 aromatic rings. The second kappa shape index (κ2) is 7.82. The van der Waals surface area contributed by atoms with Crippen molar-refractivity contribution in [1.29, 1.82) is 0 Å². The van der Waals surface area contributed by atoms with E-state index in [2.05, 4.69) is 20.0 Å². The fraction of sp³-hybridized carbons (Fsp3) is 0.318. The van der Waals surface area contributed by atoms with Crippen LogP contribution in [0.2, 0.25) is 0 Å². The largest absolute Gasteiger partial charge is 0.493 e. The second-order valence-corrected chi connectivity index (χ2v) is 7.63. The fourth-order valence-corrected chi connectivity index (χ4v) is 3.71. The highest BCUT2D eigenvalue weighted by Gasteiger charge is 2.27. The number of methoxy groups -OCH3 is 2. The zero-order chi connectivity index (χ0) is 21.4. The van der Waals surface area contributed by atoms with Crippen LogP contribution in [0, 0.1) is 5.92 Å². The molecule has 0 atom stereocenters. The first-order chi connectivity index (χ1) is 15.2. The van der Waals surface area contributed by atoms with Gasteiger partial charge in [0.15, 0.2) is 22.9 Å². The molecule has 1 aliphatic carbocycles.